The zero-order valence-electron chi connectivity index (χ0n) is 16.5. The number of hydrogen-bond acceptors (Lipinski definition) is 5. The number of pyridine rings is 1. The second kappa shape index (κ2) is 9.13. The second-order valence-electron chi connectivity index (χ2n) is 7.44. The molecule has 0 atom stereocenters. The Labute approximate surface area is 179 Å². The van der Waals surface area contributed by atoms with E-state index in [0.717, 1.165) is 52.8 Å². The first-order chi connectivity index (χ1) is 14.1. The van der Waals surface area contributed by atoms with Crippen LogP contribution in [0.2, 0.25) is 0 Å². The van der Waals surface area contributed by atoms with Crippen molar-refractivity contribution in [2.45, 2.75) is 25.7 Å². The van der Waals surface area contributed by atoms with Crippen molar-refractivity contribution in [2.24, 2.45) is 0 Å². The highest BCUT2D eigenvalue weighted by Crippen LogP contribution is 2.31. The number of carbonyl (C=O) groups is 2. The zero-order chi connectivity index (χ0) is 20.2. The zero-order valence-corrected chi connectivity index (χ0v) is 18.2. The predicted molar refractivity (Wildman–Crippen MR) is 119 cm³/mol. The molecule has 4 rings (SSSR count). The normalized spacial score (nSPS) is 18.0. The number of rotatable bonds is 4. The van der Waals surface area contributed by atoms with Gasteiger partial charge in [-0.3, -0.25) is 14.6 Å². The fraction of sp³-hybridized carbons (Fsp3) is 0.409. The molecule has 2 aromatic rings. The summed E-state index contributed by atoms with van der Waals surface area (Å²) in [5.41, 5.74) is 2.58. The van der Waals surface area contributed by atoms with Crippen molar-refractivity contribution in [3.05, 3.63) is 57.6 Å². The molecule has 2 amide bonds. The van der Waals surface area contributed by atoms with Crippen LogP contribution in [0.15, 0.2) is 35.7 Å². The van der Waals surface area contributed by atoms with Crippen LogP contribution >= 0.6 is 23.1 Å². The van der Waals surface area contributed by atoms with E-state index in [1.165, 1.54) is 0 Å². The molecule has 5 nitrogen and oxygen atoms in total. The Balaban J connectivity index is 1.43. The van der Waals surface area contributed by atoms with Crippen molar-refractivity contribution < 1.29 is 9.59 Å². The molecular formula is C22H25N3O2S2. The Morgan fingerprint density at radius 1 is 1.14 bits per heavy atom. The van der Waals surface area contributed by atoms with Gasteiger partial charge in [-0.1, -0.05) is 6.07 Å². The van der Waals surface area contributed by atoms with Crippen molar-refractivity contribution >= 4 is 41.0 Å². The summed E-state index contributed by atoms with van der Waals surface area (Å²) in [7, 11) is 0. The van der Waals surface area contributed by atoms with Crippen molar-refractivity contribution in [2.75, 3.05) is 31.3 Å². The number of thioether (sulfide) groups is 1. The van der Waals surface area contributed by atoms with Crippen molar-refractivity contribution in [3.63, 3.8) is 0 Å². The Morgan fingerprint density at radius 2 is 1.97 bits per heavy atom. The number of thiophene rings is 1. The third kappa shape index (κ3) is 4.73. The molecule has 2 aromatic heterocycles. The third-order valence-electron chi connectivity index (χ3n) is 5.46. The maximum atomic E-state index is 13.0. The molecule has 2 fully saturated rings. The minimum atomic E-state index is 0.0550. The monoisotopic (exact) mass is 427 g/mol. The van der Waals surface area contributed by atoms with E-state index in [1.54, 1.807) is 29.2 Å². The van der Waals surface area contributed by atoms with E-state index in [9.17, 15) is 9.59 Å². The van der Waals surface area contributed by atoms with Crippen molar-refractivity contribution in [1.82, 2.24) is 14.8 Å². The minimum Gasteiger partial charge on any atom is -0.339 e. The van der Waals surface area contributed by atoms with Crippen LogP contribution in [-0.4, -0.2) is 57.9 Å². The first kappa shape index (κ1) is 20.2. The van der Waals surface area contributed by atoms with Gasteiger partial charge < -0.3 is 9.80 Å². The number of nitrogens with zero attached hydrogens (tertiary/aromatic N) is 3. The number of amides is 2. The van der Waals surface area contributed by atoms with Gasteiger partial charge in [0, 0.05) is 48.0 Å². The molecule has 0 radical (unpaired) electrons. The maximum Gasteiger partial charge on any atom is 0.256 e. The molecule has 0 aliphatic carbocycles. The number of hydrogen-bond donors (Lipinski definition) is 0. The average Bonchev–Trinajstić information content (AvgIpc) is 3.46. The molecule has 0 N–H and O–H groups in total. The van der Waals surface area contributed by atoms with E-state index in [2.05, 4.69) is 0 Å². The van der Waals surface area contributed by atoms with E-state index in [1.807, 2.05) is 52.4 Å². The summed E-state index contributed by atoms with van der Waals surface area (Å²) < 4.78 is 0. The molecule has 2 saturated heterocycles. The van der Waals surface area contributed by atoms with E-state index >= 15 is 0 Å². The standard InChI is InChI=1S/C22H25N3O2S2/c1-16-4-6-19(22(27)25-12-14-28-15-25)21(23-16)17-8-10-24(11-9-17)20(26)7-5-18-3-2-13-29-18/h2-7,13,17H,8-12,14-15H2,1H3. The molecule has 2 aliphatic rings. The smallest absolute Gasteiger partial charge is 0.256 e. The van der Waals surface area contributed by atoms with Crippen LogP contribution < -0.4 is 0 Å². The SMILES string of the molecule is Cc1ccc(C(=O)N2CCSC2)c(C2CCN(C(=O)C=Cc3cccs3)CC2)n1. The highest BCUT2D eigenvalue weighted by Gasteiger charge is 2.29. The Bertz CT molecular complexity index is 897. The summed E-state index contributed by atoms with van der Waals surface area (Å²) in [5.74, 6) is 2.12. The molecule has 0 spiro atoms. The number of likely N-dealkylation sites (tertiary alicyclic amines) is 1. The molecule has 0 aromatic carbocycles. The molecule has 0 unspecified atom stereocenters. The Morgan fingerprint density at radius 3 is 2.66 bits per heavy atom. The lowest BCUT2D eigenvalue weighted by atomic mass is 9.89. The molecule has 152 valence electrons. The topological polar surface area (TPSA) is 53.5 Å². The fourth-order valence-corrected chi connectivity index (χ4v) is 5.39. The summed E-state index contributed by atoms with van der Waals surface area (Å²) in [6, 6.07) is 7.84. The van der Waals surface area contributed by atoms with E-state index in [0.29, 0.717) is 13.1 Å². The third-order valence-corrected chi connectivity index (χ3v) is 7.26. The van der Waals surface area contributed by atoms with Gasteiger partial charge in [0.2, 0.25) is 5.91 Å². The molecule has 2 aliphatic heterocycles. The van der Waals surface area contributed by atoms with Crippen molar-refractivity contribution in [3.8, 4) is 0 Å². The first-order valence-electron chi connectivity index (χ1n) is 9.97. The summed E-state index contributed by atoms with van der Waals surface area (Å²) in [6.07, 6.45) is 5.22. The Kier molecular flexibility index (Phi) is 6.35. The highest BCUT2D eigenvalue weighted by atomic mass is 32.2. The second-order valence-corrected chi connectivity index (χ2v) is 9.49. The lowest BCUT2D eigenvalue weighted by Gasteiger charge is -2.32. The van der Waals surface area contributed by atoms with E-state index in [-0.39, 0.29) is 17.7 Å². The number of carbonyl (C=O) groups excluding carboxylic acids is 2. The van der Waals surface area contributed by atoms with Crippen LogP contribution in [0.1, 0.15) is 45.4 Å². The summed E-state index contributed by atoms with van der Waals surface area (Å²) in [6.45, 7) is 4.17. The van der Waals surface area contributed by atoms with Gasteiger partial charge in [-0.15, -0.1) is 23.1 Å². The summed E-state index contributed by atoms with van der Waals surface area (Å²) >= 11 is 3.41. The van der Waals surface area contributed by atoms with Gasteiger partial charge >= 0.3 is 0 Å². The molecule has 0 saturated carbocycles. The first-order valence-corrected chi connectivity index (χ1v) is 12.0. The van der Waals surface area contributed by atoms with Gasteiger partial charge in [-0.2, -0.15) is 0 Å². The van der Waals surface area contributed by atoms with Gasteiger partial charge in [0.05, 0.1) is 17.1 Å². The molecule has 29 heavy (non-hydrogen) atoms. The van der Waals surface area contributed by atoms with Crippen molar-refractivity contribution in [1.29, 1.82) is 0 Å². The van der Waals surface area contributed by atoms with Crippen LogP contribution in [0.25, 0.3) is 6.08 Å². The quantitative estimate of drug-likeness (QED) is 0.692. The van der Waals surface area contributed by atoms with Crippen LogP contribution in [0.3, 0.4) is 0 Å². The summed E-state index contributed by atoms with van der Waals surface area (Å²) in [4.78, 5) is 35.1. The maximum absolute atomic E-state index is 13.0. The van der Waals surface area contributed by atoms with Gasteiger partial charge in [0.15, 0.2) is 0 Å². The van der Waals surface area contributed by atoms with Gasteiger partial charge in [0.1, 0.15) is 0 Å². The predicted octanol–water partition coefficient (Wildman–Crippen LogP) is 4.02. The fourth-order valence-electron chi connectivity index (χ4n) is 3.83. The van der Waals surface area contributed by atoms with Gasteiger partial charge in [-0.25, -0.2) is 0 Å². The van der Waals surface area contributed by atoms with Crippen LogP contribution in [0.4, 0.5) is 0 Å². The lowest BCUT2D eigenvalue weighted by Crippen LogP contribution is -2.37. The highest BCUT2D eigenvalue weighted by molar-refractivity contribution is 7.99. The van der Waals surface area contributed by atoms with Crippen LogP contribution in [0.5, 0.6) is 0 Å². The van der Waals surface area contributed by atoms with Crippen LogP contribution in [-0.2, 0) is 4.79 Å². The average molecular weight is 428 g/mol. The number of aromatic nitrogens is 1. The molecule has 7 heteroatoms. The minimum absolute atomic E-state index is 0.0550. The Hall–Kier alpha value is -2.12. The van der Waals surface area contributed by atoms with E-state index < -0.39 is 0 Å². The number of piperidine rings is 1. The largest absolute Gasteiger partial charge is 0.339 e. The van der Waals surface area contributed by atoms with Gasteiger partial charge in [-0.05, 0) is 49.4 Å². The van der Waals surface area contributed by atoms with E-state index in [4.69, 9.17) is 4.98 Å². The van der Waals surface area contributed by atoms with Crippen LogP contribution in [0, 0.1) is 6.92 Å². The summed E-state index contributed by atoms with van der Waals surface area (Å²) in [5, 5.41) is 2.00. The molecule has 0 bridgehead atoms. The lowest BCUT2D eigenvalue weighted by molar-refractivity contribution is -0.127. The number of aryl methyl sites for hydroxylation is 1. The molecular weight excluding hydrogens is 402 g/mol. The van der Waals surface area contributed by atoms with Gasteiger partial charge in [0.25, 0.3) is 5.91 Å². The molecule has 4 heterocycles.